The van der Waals surface area contributed by atoms with Crippen molar-refractivity contribution in [2.45, 2.75) is 18.4 Å². The lowest BCUT2D eigenvalue weighted by molar-refractivity contribution is 0.0694. The number of carboxylic acids is 1. The largest absolute Gasteiger partial charge is 0.477 e. The van der Waals surface area contributed by atoms with Gasteiger partial charge in [-0.05, 0) is 48.1 Å². The molecule has 5 nitrogen and oxygen atoms in total. The predicted molar refractivity (Wildman–Crippen MR) is 100 cm³/mol. The third kappa shape index (κ3) is 2.89. The van der Waals surface area contributed by atoms with Crippen LogP contribution in [0.25, 0.3) is 16.6 Å². The van der Waals surface area contributed by atoms with E-state index in [4.69, 9.17) is 5.73 Å². The fourth-order valence-corrected chi connectivity index (χ4v) is 3.70. The van der Waals surface area contributed by atoms with Crippen LogP contribution in [0.4, 0.5) is 4.39 Å². The molecule has 0 aliphatic carbocycles. The lowest BCUT2D eigenvalue weighted by Gasteiger charge is -2.15. The molecular formula is C19H17FN2O3S. The number of hydrogen-bond donors (Lipinski definition) is 2. The van der Waals surface area contributed by atoms with E-state index in [0.717, 1.165) is 11.1 Å². The molecule has 7 heteroatoms. The average molecular weight is 372 g/mol. The van der Waals surface area contributed by atoms with Crippen molar-refractivity contribution in [3.05, 3.63) is 69.4 Å². The van der Waals surface area contributed by atoms with E-state index < -0.39 is 11.5 Å². The maximum atomic E-state index is 14.1. The number of aromatic nitrogens is 1. The van der Waals surface area contributed by atoms with Crippen molar-refractivity contribution < 1.29 is 14.3 Å². The molecule has 0 spiro atoms. The van der Waals surface area contributed by atoms with Crippen LogP contribution < -0.4 is 11.3 Å². The lowest BCUT2D eigenvalue weighted by Crippen LogP contribution is -2.22. The SMILES string of the molecule is CSc1cc(C(=O)O)c(=O)n2ccc(-c3ccc(CN)c(F)c3)c(C)c12. The molecule has 134 valence electrons. The zero-order valence-electron chi connectivity index (χ0n) is 14.2. The van der Waals surface area contributed by atoms with Gasteiger partial charge in [-0.25, -0.2) is 9.18 Å². The summed E-state index contributed by atoms with van der Waals surface area (Å²) in [4.78, 5) is 24.5. The highest BCUT2D eigenvalue weighted by atomic mass is 32.2. The van der Waals surface area contributed by atoms with E-state index in [1.54, 1.807) is 18.2 Å². The number of carboxylic acid groups (broad SMARTS) is 1. The molecule has 0 bridgehead atoms. The Kier molecular flexibility index (Phi) is 4.84. The van der Waals surface area contributed by atoms with Gasteiger partial charge in [-0.3, -0.25) is 9.20 Å². The normalized spacial score (nSPS) is 11.1. The van der Waals surface area contributed by atoms with Crippen molar-refractivity contribution in [3.63, 3.8) is 0 Å². The molecule has 0 fully saturated rings. The van der Waals surface area contributed by atoms with Crippen LogP contribution in [0.3, 0.4) is 0 Å². The number of pyridine rings is 2. The van der Waals surface area contributed by atoms with Gasteiger partial charge in [-0.1, -0.05) is 12.1 Å². The van der Waals surface area contributed by atoms with E-state index in [9.17, 15) is 19.1 Å². The molecule has 0 aliphatic rings. The Labute approximate surface area is 153 Å². The van der Waals surface area contributed by atoms with Gasteiger partial charge >= 0.3 is 5.97 Å². The number of carbonyl (C=O) groups is 1. The van der Waals surface area contributed by atoms with Crippen LogP contribution >= 0.6 is 11.8 Å². The summed E-state index contributed by atoms with van der Waals surface area (Å²) in [5.41, 5.74) is 7.89. The second-order valence-electron chi connectivity index (χ2n) is 5.82. The molecule has 2 aromatic heterocycles. The molecular weight excluding hydrogens is 355 g/mol. The van der Waals surface area contributed by atoms with Crippen LogP contribution in [0.2, 0.25) is 0 Å². The van der Waals surface area contributed by atoms with Gasteiger partial charge in [-0.15, -0.1) is 11.8 Å². The molecule has 0 amide bonds. The number of thioether (sulfide) groups is 1. The monoisotopic (exact) mass is 372 g/mol. The smallest absolute Gasteiger partial charge is 0.341 e. The number of rotatable bonds is 4. The maximum Gasteiger partial charge on any atom is 0.341 e. The zero-order valence-corrected chi connectivity index (χ0v) is 15.1. The Morgan fingerprint density at radius 1 is 1.31 bits per heavy atom. The number of aryl methyl sites for hydroxylation is 1. The van der Waals surface area contributed by atoms with Gasteiger partial charge in [0.1, 0.15) is 11.4 Å². The van der Waals surface area contributed by atoms with E-state index in [1.807, 2.05) is 13.2 Å². The predicted octanol–water partition coefficient (Wildman–Crippen LogP) is 3.29. The zero-order chi connectivity index (χ0) is 19.0. The Morgan fingerprint density at radius 2 is 2.04 bits per heavy atom. The van der Waals surface area contributed by atoms with Crippen LogP contribution in [0.15, 0.2) is 46.2 Å². The summed E-state index contributed by atoms with van der Waals surface area (Å²) >= 11 is 1.35. The molecule has 2 heterocycles. The van der Waals surface area contributed by atoms with Crippen molar-refractivity contribution >= 4 is 23.2 Å². The average Bonchev–Trinajstić information content (AvgIpc) is 2.62. The fourth-order valence-electron chi connectivity index (χ4n) is 3.02. The number of hydrogen-bond acceptors (Lipinski definition) is 4. The molecule has 3 rings (SSSR count). The first-order valence-corrected chi connectivity index (χ1v) is 9.06. The van der Waals surface area contributed by atoms with Crippen molar-refractivity contribution in [2.75, 3.05) is 6.26 Å². The number of halogens is 1. The van der Waals surface area contributed by atoms with E-state index in [-0.39, 0.29) is 17.9 Å². The van der Waals surface area contributed by atoms with Crippen LogP contribution in [0.5, 0.6) is 0 Å². The van der Waals surface area contributed by atoms with Crippen molar-refractivity contribution in [3.8, 4) is 11.1 Å². The fraction of sp³-hybridized carbons (Fsp3) is 0.158. The molecule has 0 saturated carbocycles. The first-order valence-electron chi connectivity index (χ1n) is 7.84. The number of benzene rings is 1. The highest BCUT2D eigenvalue weighted by molar-refractivity contribution is 7.98. The van der Waals surface area contributed by atoms with E-state index in [2.05, 4.69) is 0 Å². The minimum atomic E-state index is -1.26. The summed E-state index contributed by atoms with van der Waals surface area (Å²) in [6.45, 7) is 1.95. The molecule has 0 saturated heterocycles. The summed E-state index contributed by atoms with van der Waals surface area (Å²) in [7, 11) is 0. The Morgan fingerprint density at radius 3 is 2.62 bits per heavy atom. The highest BCUT2D eigenvalue weighted by Crippen LogP contribution is 2.31. The number of nitrogens with two attached hydrogens (primary N) is 1. The minimum Gasteiger partial charge on any atom is -0.477 e. The van der Waals surface area contributed by atoms with Crippen LogP contribution in [0.1, 0.15) is 21.5 Å². The van der Waals surface area contributed by atoms with Crippen molar-refractivity contribution in [2.24, 2.45) is 5.73 Å². The second-order valence-corrected chi connectivity index (χ2v) is 6.67. The second kappa shape index (κ2) is 6.93. The number of aromatic carboxylic acids is 1. The summed E-state index contributed by atoms with van der Waals surface area (Å²) in [6.07, 6.45) is 3.34. The first kappa shape index (κ1) is 18.2. The van der Waals surface area contributed by atoms with Gasteiger partial charge in [0, 0.05) is 23.2 Å². The summed E-state index contributed by atoms with van der Waals surface area (Å²) in [6, 6.07) is 7.93. The topological polar surface area (TPSA) is 84.8 Å². The standard InChI is InChI=1S/C19H17FN2O3S/c1-10-13(11-3-4-12(9-21)15(20)7-11)5-6-22-17(10)16(26-2)8-14(18(22)23)19(24)25/h3-8H,9,21H2,1-2H3,(H,24,25). The number of nitrogens with zero attached hydrogens (tertiary/aromatic N) is 1. The minimum absolute atomic E-state index is 0.118. The molecule has 0 atom stereocenters. The molecule has 26 heavy (non-hydrogen) atoms. The van der Waals surface area contributed by atoms with E-state index in [1.165, 1.54) is 34.5 Å². The Bertz CT molecular complexity index is 1090. The highest BCUT2D eigenvalue weighted by Gasteiger charge is 2.18. The Balaban J connectivity index is 2.33. The quantitative estimate of drug-likeness (QED) is 0.687. The lowest BCUT2D eigenvalue weighted by atomic mass is 9.99. The molecule has 3 aromatic rings. The number of fused-ring (bicyclic) bond motifs is 1. The van der Waals surface area contributed by atoms with Gasteiger partial charge in [0.15, 0.2) is 0 Å². The van der Waals surface area contributed by atoms with Crippen molar-refractivity contribution in [1.82, 2.24) is 4.40 Å². The summed E-state index contributed by atoms with van der Waals surface area (Å²) < 4.78 is 15.5. The summed E-state index contributed by atoms with van der Waals surface area (Å²) in [5.74, 6) is -1.64. The third-order valence-corrected chi connectivity index (χ3v) is 5.13. The van der Waals surface area contributed by atoms with Crippen molar-refractivity contribution in [1.29, 1.82) is 0 Å². The summed E-state index contributed by atoms with van der Waals surface area (Å²) in [5, 5.41) is 9.25. The molecule has 0 radical (unpaired) electrons. The van der Waals surface area contributed by atoms with Gasteiger partial charge < -0.3 is 10.8 Å². The first-order chi connectivity index (χ1) is 12.4. The van der Waals surface area contributed by atoms with E-state index in [0.29, 0.717) is 21.5 Å². The third-order valence-electron chi connectivity index (χ3n) is 4.38. The molecule has 0 unspecified atom stereocenters. The van der Waals surface area contributed by atoms with Crippen LogP contribution in [0, 0.1) is 12.7 Å². The van der Waals surface area contributed by atoms with Crippen LogP contribution in [-0.4, -0.2) is 21.7 Å². The van der Waals surface area contributed by atoms with E-state index >= 15 is 0 Å². The maximum absolute atomic E-state index is 14.1. The van der Waals surface area contributed by atoms with Crippen LogP contribution in [-0.2, 0) is 6.54 Å². The van der Waals surface area contributed by atoms with Gasteiger partial charge in [0.25, 0.3) is 5.56 Å². The molecule has 3 N–H and O–H groups in total. The van der Waals surface area contributed by atoms with Gasteiger partial charge in [0.05, 0.1) is 5.52 Å². The van der Waals surface area contributed by atoms with Gasteiger partial charge in [0.2, 0.25) is 0 Å². The molecule has 1 aromatic carbocycles. The Hall–Kier alpha value is -2.64. The molecule has 0 aliphatic heterocycles. The van der Waals surface area contributed by atoms with Gasteiger partial charge in [-0.2, -0.15) is 0 Å².